The summed E-state index contributed by atoms with van der Waals surface area (Å²) in [6.07, 6.45) is 2.11. The average Bonchev–Trinajstić information content (AvgIpc) is 3.17. The summed E-state index contributed by atoms with van der Waals surface area (Å²) in [5.74, 6) is 2.05. The third-order valence-electron chi connectivity index (χ3n) is 5.51. The van der Waals surface area contributed by atoms with Crippen LogP contribution in [0.3, 0.4) is 0 Å². The third-order valence-corrected chi connectivity index (χ3v) is 5.51. The summed E-state index contributed by atoms with van der Waals surface area (Å²) in [6.45, 7) is 5.08. The van der Waals surface area contributed by atoms with Gasteiger partial charge in [-0.3, -0.25) is 0 Å². The largest absolute Gasteiger partial charge is 0.497 e. The van der Waals surface area contributed by atoms with Crippen LogP contribution in [0.15, 0.2) is 28.9 Å². The van der Waals surface area contributed by atoms with Crippen molar-refractivity contribution < 1.29 is 14.5 Å². The molecule has 1 aliphatic rings. The number of nitrogens with one attached hydrogen (secondary N) is 1. The number of anilines is 1. The number of methoxy groups -OCH3 is 1. The van der Waals surface area contributed by atoms with Gasteiger partial charge in [0.15, 0.2) is 0 Å². The SMILES string of the molecule is COc1ccc2cc(CNCc3nonc3C)c(N3CCCC(CO)C3)nc2c1. The summed E-state index contributed by atoms with van der Waals surface area (Å²) in [7, 11) is 1.66. The standard InChI is InChI=1S/C21H27N5O3/c1-14-20(25-29-24-14)11-22-10-17-8-16-5-6-18(28-2)9-19(16)23-21(17)26-7-3-4-15(12-26)13-27/h5-6,8-9,15,22,27H,3-4,7,10-13H2,1-2H3. The van der Waals surface area contributed by atoms with Gasteiger partial charge in [-0.2, -0.15) is 0 Å². The number of pyridine rings is 1. The average molecular weight is 397 g/mol. The lowest BCUT2D eigenvalue weighted by Crippen LogP contribution is -2.38. The fraction of sp³-hybridized carbons (Fsp3) is 0.476. The van der Waals surface area contributed by atoms with Crippen LogP contribution < -0.4 is 15.0 Å². The lowest BCUT2D eigenvalue weighted by atomic mass is 9.98. The van der Waals surface area contributed by atoms with E-state index < -0.39 is 0 Å². The van der Waals surface area contributed by atoms with Crippen molar-refractivity contribution in [1.29, 1.82) is 0 Å². The zero-order valence-corrected chi connectivity index (χ0v) is 16.9. The second-order valence-corrected chi connectivity index (χ2v) is 7.57. The zero-order valence-electron chi connectivity index (χ0n) is 16.9. The number of hydrogen-bond acceptors (Lipinski definition) is 8. The van der Waals surface area contributed by atoms with Crippen LogP contribution in [0.25, 0.3) is 10.9 Å². The number of piperidine rings is 1. The number of nitrogens with zero attached hydrogens (tertiary/aromatic N) is 4. The third kappa shape index (κ3) is 4.33. The second kappa shape index (κ2) is 8.75. The van der Waals surface area contributed by atoms with E-state index in [1.54, 1.807) is 7.11 Å². The number of benzene rings is 1. The molecule has 0 radical (unpaired) electrons. The van der Waals surface area contributed by atoms with E-state index in [-0.39, 0.29) is 12.5 Å². The minimum atomic E-state index is 0.212. The van der Waals surface area contributed by atoms with Gasteiger partial charge in [-0.1, -0.05) is 10.3 Å². The summed E-state index contributed by atoms with van der Waals surface area (Å²) >= 11 is 0. The minimum absolute atomic E-state index is 0.212. The lowest BCUT2D eigenvalue weighted by molar-refractivity contribution is 0.208. The molecule has 4 rings (SSSR count). The van der Waals surface area contributed by atoms with Crippen LogP contribution in [-0.2, 0) is 13.1 Å². The number of rotatable bonds is 7. The highest BCUT2D eigenvalue weighted by atomic mass is 16.6. The molecule has 2 N–H and O–H groups in total. The maximum atomic E-state index is 9.64. The van der Waals surface area contributed by atoms with Gasteiger partial charge in [0, 0.05) is 49.8 Å². The Morgan fingerprint density at radius 2 is 2.17 bits per heavy atom. The number of ether oxygens (including phenoxy) is 1. The van der Waals surface area contributed by atoms with Crippen LogP contribution in [0.4, 0.5) is 5.82 Å². The van der Waals surface area contributed by atoms with E-state index in [2.05, 4.69) is 26.6 Å². The number of fused-ring (bicyclic) bond motifs is 1. The van der Waals surface area contributed by atoms with Gasteiger partial charge >= 0.3 is 0 Å². The fourth-order valence-electron chi connectivity index (χ4n) is 3.84. The van der Waals surface area contributed by atoms with Gasteiger partial charge in [0.25, 0.3) is 0 Å². The number of aliphatic hydroxyl groups is 1. The first kappa shape index (κ1) is 19.6. The van der Waals surface area contributed by atoms with Crippen LogP contribution >= 0.6 is 0 Å². The fourth-order valence-corrected chi connectivity index (χ4v) is 3.84. The maximum absolute atomic E-state index is 9.64. The molecular weight excluding hydrogens is 370 g/mol. The number of aryl methyl sites for hydroxylation is 1. The van der Waals surface area contributed by atoms with Gasteiger partial charge in [0.05, 0.1) is 12.6 Å². The van der Waals surface area contributed by atoms with Crippen molar-refractivity contribution in [2.24, 2.45) is 5.92 Å². The minimum Gasteiger partial charge on any atom is -0.497 e. The molecule has 1 aromatic carbocycles. The van der Waals surface area contributed by atoms with Crippen molar-refractivity contribution in [2.75, 3.05) is 31.7 Å². The highest BCUT2D eigenvalue weighted by Gasteiger charge is 2.23. The first-order valence-electron chi connectivity index (χ1n) is 10.00. The summed E-state index contributed by atoms with van der Waals surface area (Å²) in [4.78, 5) is 7.28. The first-order chi connectivity index (χ1) is 14.2. The van der Waals surface area contributed by atoms with E-state index in [0.717, 1.165) is 65.4 Å². The van der Waals surface area contributed by atoms with E-state index in [9.17, 15) is 5.11 Å². The molecular formula is C21H27N5O3. The van der Waals surface area contributed by atoms with Crippen LogP contribution in [0.1, 0.15) is 29.8 Å². The van der Waals surface area contributed by atoms with Crippen molar-refractivity contribution in [3.63, 3.8) is 0 Å². The second-order valence-electron chi connectivity index (χ2n) is 7.57. The topological polar surface area (TPSA) is 96.5 Å². The Balaban J connectivity index is 1.63. The Morgan fingerprint density at radius 1 is 1.28 bits per heavy atom. The summed E-state index contributed by atoms with van der Waals surface area (Å²) < 4.78 is 10.1. The number of aliphatic hydroxyl groups excluding tert-OH is 1. The van der Waals surface area contributed by atoms with Crippen LogP contribution in [0.5, 0.6) is 5.75 Å². The lowest BCUT2D eigenvalue weighted by Gasteiger charge is -2.34. The van der Waals surface area contributed by atoms with Gasteiger partial charge in [-0.05, 0) is 43.9 Å². The molecule has 0 spiro atoms. The van der Waals surface area contributed by atoms with E-state index in [1.807, 2.05) is 25.1 Å². The molecule has 1 fully saturated rings. The highest BCUT2D eigenvalue weighted by molar-refractivity contribution is 5.83. The molecule has 8 nitrogen and oxygen atoms in total. The van der Waals surface area contributed by atoms with Gasteiger partial charge in [-0.25, -0.2) is 9.61 Å². The molecule has 8 heteroatoms. The maximum Gasteiger partial charge on any atom is 0.133 e. The molecule has 3 aromatic rings. The number of hydrogen-bond donors (Lipinski definition) is 2. The molecule has 2 aromatic heterocycles. The van der Waals surface area contributed by atoms with Gasteiger partial charge < -0.3 is 20.1 Å². The molecule has 1 unspecified atom stereocenters. The smallest absolute Gasteiger partial charge is 0.133 e. The van der Waals surface area contributed by atoms with E-state index in [1.165, 1.54) is 0 Å². The molecule has 0 saturated carbocycles. The van der Waals surface area contributed by atoms with E-state index in [4.69, 9.17) is 14.3 Å². The van der Waals surface area contributed by atoms with Crippen molar-refractivity contribution in [2.45, 2.75) is 32.9 Å². The molecule has 0 amide bonds. The Hall–Kier alpha value is -2.71. The first-order valence-corrected chi connectivity index (χ1v) is 10.00. The molecule has 1 atom stereocenters. The molecule has 3 heterocycles. The summed E-state index contributed by atoms with van der Waals surface area (Å²) in [5.41, 5.74) is 3.63. The molecule has 0 bridgehead atoms. The number of aromatic nitrogens is 3. The van der Waals surface area contributed by atoms with Crippen LogP contribution in [-0.4, -0.2) is 47.2 Å². The monoisotopic (exact) mass is 397 g/mol. The Morgan fingerprint density at radius 3 is 2.93 bits per heavy atom. The normalized spacial score (nSPS) is 17.1. The quantitative estimate of drug-likeness (QED) is 0.628. The van der Waals surface area contributed by atoms with E-state index in [0.29, 0.717) is 13.1 Å². The predicted molar refractivity (Wildman–Crippen MR) is 110 cm³/mol. The van der Waals surface area contributed by atoms with Crippen molar-refractivity contribution in [3.8, 4) is 5.75 Å². The molecule has 29 heavy (non-hydrogen) atoms. The summed E-state index contributed by atoms with van der Waals surface area (Å²) in [5, 5.41) is 21.9. The van der Waals surface area contributed by atoms with Gasteiger partial charge in [-0.15, -0.1) is 0 Å². The molecule has 0 aliphatic carbocycles. The van der Waals surface area contributed by atoms with E-state index >= 15 is 0 Å². The Labute approximate surface area is 169 Å². The van der Waals surface area contributed by atoms with Crippen molar-refractivity contribution in [1.82, 2.24) is 20.6 Å². The Kier molecular flexibility index (Phi) is 5.92. The Bertz CT molecular complexity index is 974. The highest BCUT2D eigenvalue weighted by Crippen LogP contribution is 2.29. The molecule has 154 valence electrons. The van der Waals surface area contributed by atoms with Gasteiger partial charge in [0.2, 0.25) is 0 Å². The molecule has 1 aliphatic heterocycles. The van der Waals surface area contributed by atoms with Crippen molar-refractivity contribution >= 4 is 16.7 Å². The predicted octanol–water partition coefficient (Wildman–Crippen LogP) is 2.43. The van der Waals surface area contributed by atoms with Crippen molar-refractivity contribution in [3.05, 3.63) is 41.2 Å². The van der Waals surface area contributed by atoms with Crippen LogP contribution in [0.2, 0.25) is 0 Å². The van der Waals surface area contributed by atoms with Gasteiger partial charge in [0.1, 0.15) is 23.0 Å². The summed E-state index contributed by atoms with van der Waals surface area (Å²) in [6, 6.07) is 8.13. The van der Waals surface area contributed by atoms with Crippen LogP contribution in [0, 0.1) is 12.8 Å². The molecule has 1 saturated heterocycles. The zero-order chi connectivity index (χ0) is 20.2.